The van der Waals surface area contributed by atoms with Crippen LogP contribution in [-0.4, -0.2) is 17.8 Å². The maximum atomic E-state index is 13.4. The molecule has 3 heteroatoms. The van der Waals surface area contributed by atoms with Crippen molar-refractivity contribution in [2.45, 2.75) is 39.2 Å². The topological polar surface area (TPSA) is 29.5 Å². The highest BCUT2D eigenvalue weighted by atomic mass is 19.1. The average molecular weight is 302 g/mol. The fraction of sp³-hybridized carbons (Fsp3) is 0.368. The van der Waals surface area contributed by atoms with Gasteiger partial charge < -0.3 is 9.84 Å². The van der Waals surface area contributed by atoms with Crippen LogP contribution in [0.4, 0.5) is 4.39 Å². The Hall–Kier alpha value is -1.87. The molecule has 1 atom stereocenters. The van der Waals surface area contributed by atoms with E-state index in [-0.39, 0.29) is 11.9 Å². The van der Waals surface area contributed by atoms with E-state index in [0.29, 0.717) is 6.61 Å². The predicted molar refractivity (Wildman–Crippen MR) is 88.2 cm³/mol. The Morgan fingerprint density at radius 2 is 2.27 bits per heavy atom. The van der Waals surface area contributed by atoms with Crippen molar-refractivity contribution in [3.63, 3.8) is 0 Å². The minimum absolute atomic E-state index is 0.115. The van der Waals surface area contributed by atoms with Crippen LogP contribution in [0.5, 0.6) is 5.75 Å². The van der Waals surface area contributed by atoms with E-state index in [1.54, 1.807) is 6.07 Å². The highest BCUT2D eigenvalue weighted by Gasteiger charge is 2.20. The molecule has 0 radical (unpaired) electrons. The van der Waals surface area contributed by atoms with Crippen molar-refractivity contribution < 1.29 is 14.2 Å². The number of halogens is 1. The minimum atomic E-state index is -0.587. The van der Waals surface area contributed by atoms with E-state index in [9.17, 15) is 9.50 Å². The first-order valence-corrected chi connectivity index (χ1v) is 7.66. The van der Waals surface area contributed by atoms with Crippen molar-refractivity contribution in [3.8, 4) is 5.75 Å². The summed E-state index contributed by atoms with van der Waals surface area (Å²) in [6, 6.07) is 4.46. The number of phenolic OH excluding ortho intramolecular Hbond substituents is 1. The van der Waals surface area contributed by atoms with Crippen LogP contribution in [0, 0.1) is 5.82 Å². The highest BCUT2D eigenvalue weighted by Crippen LogP contribution is 2.27. The van der Waals surface area contributed by atoms with Gasteiger partial charge in [-0.05, 0) is 49.5 Å². The zero-order chi connectivity index (χ0) is 16.1. The lowest BCUT2D eigenvalue weighted by molar-refractivity contribution is 0.116. The van der Waals surface area contributed by atoms with Crippen LogP contribution in [0.2, 0.25) is 0 Å². The summed E-state index contributed by atoms with van der Waals surface area (Å²) in [6.07, 6.45) is 6.90. The maximum Gasteiger partial charge on any atom is 0.165 e. The number of allylic oxidation sites excluding steroid dienone is 1. The van der Waals surface area contributed by atoms with E-state index in [0.717, 1.165) is 30.4 Å². The number of phenols is 1. The quantitative estimate of drug-likeness (QED) is 0.800. The second-order valence-corrected chi connectivity index (χ2v) is 5.67. The van der Waals surface area contributed by atoms with Crippen LogP contribution < -0.4 is 0 Å². The first-order valence-electron chi connectivity index (χ1n) is 7.66. The SMILES string of the molecule is C=C(C)C1=CCOC1CC/C(=C/c1ccc(O)c(F)c1)CC. The van der Waals surface area contributed by atoms with Crippen LogP contribution >= 0.6 is 0 Å². The van der Waals surface area contributed by atoms with Gasteiger partial charge in [0.1, 0.15) is 0 Å². The van der Waals surface area contributed by atoms with E-state index in [1.165, 1.54) is 23.3 Å². The van der Waals surface area contributed by atoms with Crippen molar-refractivity contribution >= 4 is 6.08 Å². The molecule has 2 rings (SSSR count). The summed E-state index contributed by atoms with van der Waals surface area (Å²) in [7, 11) is 0. The molecule has 1 heterocycles. The van der Waals surface area contributed by atoms with Gasteiger partial charge in [-0.15, -0.1) is 0 Å². The van der Waals surface area contributed by atoms with Crippen molar-refractivity contribution in [2.75, 3.05) is 6.61 Å². The molecule has 1 aromatic rings. The zero-order valence-corrected chi connectivity index (χ0v) is 13.2. The summed E-state index contributed by atoms with van der Waals surface area (Å²) in [5, 5.41) is 9.24. The standard InChI is InChI=1S/C19H23FO2/c1-4-14(11-15-5-7-18(21)17(20)12-15)6-8-19-16(13(2)3)9-10-22-19/h5,7,9,11-12,19,21H,2,4,6,8,10H2,1,3H3/b14-11+. The Kier molecular flexibility index (Phi) is 5.56. The number of rotatable bonds is 6. The Morgan fingerprint density at radius 3 is 2.91 bits per heavy atom. The smallest absolute Gasteiger partial charge is 0.165 e. The molecule has 0 spiro atoms. The van der Waals surface area contributed by atoms with E-state index in [2.05, 4.69) is 19.6 Å². The monoisotopic (exact) mass is 302 g/mol. The molecule has 0 saturated heterocycles. The molecule has 1 unspecified atom stereocenters. The molecule has 0 bridgehead atoms. The lowest BCUT2D eigenvalue weighted by Crippen LogP contribution is -2.11. The highest BCUT2D eigenvalue weighted by molar-refractivity contribution is 5.54. The minimum Gasteiger partial charge on any atom is -0.505 e. The number of benzene rings is 1. The molecule has 0 amide bonds. The first-order chi connectivity index (χ1) is 10.5. The molecular formula is C19H23FO2. The molecule has 22 heavy (non-hydrogen) atoms. The Labute approximate surface area is 131 Å². The first kappa shape index (κ1) is 16.5. The van der Waals surface area contributed by atoms with Gasteiger partial charge in [-0.3, -0.25) is 0 Å². The van der Waals surface area contributed by atoms with Gasteiger partial charge in [0.2, 0.25) is 0 Å². The summed E-state index contributed by atoms with van der Waals surface area (Å²) >= 11 is 0. The van der Waals surface area contributed by atoms with Gasteiger partial charge >= 0.3 is 0 Å². The number of hydrogen-bond donors (Lipinski definition) is 1. The summed E-state index contributed by atoms with van der Waals surface area (Å²) in [5.74, 6) is -0.901. The van der Waals surface area contributed by atoms with Crippen molar-refractivity contribution in [2.24, 2.45) is 0 Å². The fourth-order valence-corrected chi connectivity index (χ4v) is 2.68. The maximum absolute atomic E-state index is 13.4. The largest absolute Gasteiger partial charge is 0.505 e. The second-order valence-electron chi connectivity index (χ2n) is 5.67. The molecule has 1 aromatic carbocycles. The third-order valence-corrected chi connectivity index (χ3v) is 3.96. The van der Waals surface area contributed by atoms with Crippen LogP contribution in [0.3, 0.4) is 0 Å². The Balaban J connectivity index is 2.03. The molecule has 0 saturated carbocycles. The van der Waals surface area contributed by atoms with Gasteiger partial charge in [-0.2, -0.15) is 0 Å². The third kappa shape index (κ3) is 4.08. The molecule has 1 aliphatic heterocycles. The molecule has 118 valence electrons. The van der Waals surface area contributed by atoms with Gasteiger partial charge in [-0.25, -0.2) is 4.39 Å². The normalized spacial score (nSPS) is 18.4. The van der Waals surface area contributed by atoms with Gasteiger partial charge in [-0.1, -0.05) is 42.9 Å². The van der Waals surface area contributed by atoms with E-state index < -0.39 is 5.82 Å². The second kappa shape index (κ2) is 7.41. The van der Waals surface area contributed by atoms with Crippen LogP contribution in [-0.2, 0) is 4.74 Å². The molecule has 1 aliphatic rings. The van der Waals surface area contributed by atoms with Gasteiger partial charge in [0.15, 0.2) is 11.6 Å². The third-order valence-electron chi connectivity index (χ3n) is 3.96. The van der Waals surface area contributed by atoms with E-state index in [4.69, 9.17) is 4.74 Å². The van der Waals surface area contributed by atoms with Crippen LogP contribution in [0.15, 0.2) is 47.6 Å². The molecule has 2 nitrogen and oxygen atoms in total. The Bertz CT molecular complexity index is 614. The van der Waals surface area contributed by atoms with Crippen LogP contribution in [0.1, 0.15) is 38.7 Å². The summed E-state index contributed by atoms with van der Waals surface area (Å²) in [5.41, 5.74) is 4.27. The number of ether oxygens (including phenoxy) is 1. The van der Waals surface area contributed by atoms with E-state index >= 15 is 0 Å². The molecule has 0 fully saturated rings. The van der Waals surface area contributed by atoms with Crippen LogP contribution in [0.25, 0.3) is 6.08 Å². The summed E-state index contributed by atoms with van der Waals surface area (Å²) in [4.78, 5) is 0. The molecule has 0 aliphatic carbocycles. The predicted octanol–water partition coefficient (Wildman–Crippen LogP) is 5.01. The average Bonchev–Trinajstić information content (AvgIpc) is 2.96. The Morgan fingerprint density at radius 1 is 1.50 bits per heavy atom. The lowest BCUT2D eigenvalue weighted by Gasteiger charge is -2.15. The van der Waals surface area contributed by atoms with Gasteiger partial charge in [0.25, 0.3) is 0 Å². The lowest BCUT2D eigenvalue weighted by atomic mass is 9.96. The number of aromatic hydroxyl groups is 1. The molecule has 1 N–H and O–H groups in total. The van der Waals surface area contributed by atoms with Gasteiger partial charge in [0, 0.05) is 0 Å². The van der Waals surface area contributed by atoms with E-state index in [1.807, 2.05) is 13.0 Å². The van der Waals surface area contributed by atoms with Gasteiger partial charge in [0.05, 0.1) is 12.7 Å². The molecular weight excluding hydrogens is 279 g/mol. The summed E-state index contributed by atoms with van der Waals surface area (Å²) < 4.78 is 19.1. The number of hydrogen-bond acceptors (Lipinski definition) is 2. The van der Waals surface area contributed by atoms with Crippen molar-refractivity contribution in [3.05, 3.63) is 59.0 Å². The zero-order valence-electron chi connectivity index (χ0n) is 13.2. The van der Waals surface area contributed by atoms with Crippen molar-refractivity contribution in [1.29, 1.82) is 0 Å². The van der Waals surface area contributed by atoms with Crippen molar-refractivity contribution in [1.82, 2.24) is 0 Å². The molecule has 0 aromatic heterocycles. The summed E-state index contributed by atoms with van der Waals surface area (Å²) in [6.45, 7) is 8.74. The fourth-order valence-electron chi connectivity index (χ4n) is 2.68.